The normalized spacial score (nSPS) is 21.3. The van der Waals surface area contributed by atoms with Crippen molar-refractivity contribution in [1.29, 1.82) is 0 Å². The first-order valence-corrected chi connectivity index (χ1v) is 6.77. The summed E-state index contributed by atoms with van der Waals surface area (Å²) in [6.45, 7) is 3.88. The second kappa shape index (κ2) is 6.13. The number of carboxylic acids is 1. The molecule has 114 valence electrons. The Kier molecular flexibility index (Phi) is 4.47. The maximum absolute atomic E-state index is 12.3. The summed E-state index contributed by atoms with van der Waals surface area (Å²) in [6.07, 6.45) is -0.0109. The average Bonchev–Trinajstić information content (AvgIpc) is 2.73. The Labute approximate surface area is 123 Å². The molecule has 1 aromatic rings. The first-order chi connectivity index (χ1) is 9.95. The van der Waals surface area contributed by atoms with Gasteiger partial charge in [-0.15, -0.1) is 0 Å². The molecule has 0 fully saturated rings. The highest BCUT2D eigenvalue weighted by atomic mass is 16.5. The molecule has 3 atom stereocenters. The molecule has 6 heteroatoms. The van der Waals surface area contributed by atoms with Gasteiger partial charge in [0.15, 0.2) is 6.04 Å². The lowest BCUT2D eigenvalue weighted by Crippen LogP contribution is -2.43. The number of carbonyl (C=O) groups is 2. The monoisotopic (exact) mass is 293 g/mol. The fraction of sp³-hybridized carbons (Fsp3) is 0.467. The van der Waals surface area contributed by atoms with E-state index in [4.69, 9.17) is 14.6 Å². The number of rotatable bonds is 5. The van der Waals surface area contributed by atoms with Crippen LogP contribution in [0.25, 0.3) is 0 Å². The Bertz CT molecular complexity index is 557. The van der Waals surface area contributed by atoms with Gasteiger partial charge in [-0.1, -0.05) is 19.1 Å². The minimum atomic E-state index is -1.14. The largest absolute Gasteiger partial charge is 0.489 e. The topological polar surface area (TPSA) is 84.9 Å². The number of nitrogens with one attached hydrogen (secondary N) is 1. The molecule has 2 N–H and O–H groups in total. The number of hydrogen-bond acceptors (Lipinski definition) is 4. The summed E-state index contributed by atoms with van der Waals surface area (Å²) < 4.78 is 10.5. The summed E-state index contributed by atoms with van der Waals surface area (Å²) >= 11 is 0. The molecule has 1 aliphatic rings. The molecule has 1 heterocycles. The summed E-state index contributed by atoms with van der Waals surface area (Å²) in [4.78, 5) is 23.4. The van der Waals surface area contributed by atoms with Crippen molar-refractivity contribution in [2.45, 2.75) is 31.9 Å². The van der Waals surface area contributed by atoms with Gasteiger partial charge in [-0.2, -0.15) is 0 Å². The molecule has 0 bridgehead atoms. The van der Waals surface area contributed by atoms with Crippen LogP contribution in [-0.2, 0) is 9.53 Å². The highest BCUT2D eigenvalue weighted by Gasteiger charge is 2.32. The van der Waals surface area contributed by atoms with Crippen LogP contribution < -0.4 is 10.1 Å². The fourth-order valence-corrected chi connectivity index (χ4v) is 2.34. The van der Waals surface area contributed by atoms with E-state index in [0.717, 1.165) is 5.56 Å². The molecule has 0 saturated carbocycles. The van der Waals surface area contributed by atoms with Crippen LogP contribution in [-0.4, -0.2) is 42.8 Å². The zero-order chi connectivity index (χ0) is 15.6. The standard InChI is InChI=1S/C15H19NO5/c1-8-9(2)21-13-10(8)5-4-6-11(13)14(17)16-12(7-20-3)15(18)19/h4-6,8-9,12H,7H2,1-3H3,(H,16,17)(H,18,19). The summed E-state index contributed by atoms with van der Waals surface area (Å²) in [5, 5.41) is 11.5. The zero-order valence-electron chi connectivity index (χ0n) is 12.3. The molecule has 0 saturated heterocycles. The number of hydrogen-bond donors (Lipinski definition) is 2. The van der Waals surface area contributed by atoms with Gasteiger partial charge in [-0.25, -0.2) is 4.79 Å². The van der Waals surface area contributed by atoms with Crippen LogP contribution in [0.5, 0.6) is 5.75 Å². The van der Waals surface area contributed by atoms with Crippen molar-refractivity contribution in [3.8, 4) is 5.75 Å². The van der Waals surface area contributed by atoms with Gasteiger partial charge in [-0.3, -0.25) is 4.79 Å². The molecule has 1 aliphatic heterocycles. The van der Waals surface area contributed by atoms with E-state index in [9.17, 15) is 9.59 Å². The van der Waals surface area contributed by atoms with Crippen LogP contribution in [0.15, 0.2) is 18.2 Å². The summed E-state index contributed by atoms with van der Waals surface area (Å²) in [5.74, 6) is -0.878. The number of carbonyl (C=O) groups excluding carboxylic acids is 1. The first kappa shape index (κ1) is 15.3. The van der Waals surface area contributed by atoms with E-state index in [-0.39, 0.29) is 18.6 Å². The fourth-order valence-electron chi connectivity index (χ4n) is 2.34. The van der Waals surface area contributed by atoms with Gasteiger partial charge in [0, 0.05) is 18.6 Å². The highest BCUT2D eigenvalue weighted by molar-refractivity contribution is 5.99. The molecule has 2 rings (SSSR count). The molecule has 21 heavy (non-hydrogen) atoms. The Morgan fingerprint density at radius 3 is 2.76 bits per heavy atom. The van der Waals surface area contributed by atoms with Crippen molar-refractivity contribution in [1.82, 2.24) is 5.32 Å². The third-order valence-electron chi connectivity index (χ3n) is 3.73. The van der Waals surface area contributed by atoms with Gasteiger partial charge in [0.1, 0.15) is 11.9 Å². The van der Waals surface area contributed by atoms with E-state index in [1.54, 1.807) is 12.1 Å². The molecule has 1 amide bonds. The third kappa shape index (κ3) is 3.00. The maximum atomic E-state index is 12.3. The van der Waals surface area contributed by atoms with Gasteiger partial charge >= 0.3 is 5.97 Å². The summed E-state index contributed by atoms with van der Waals surface area (Å²) in [6, 6.07) is 4.24. The molecule has 0 spiro atoms. The van der Waals surface area contributed by atoms with Gasteiger partial charge in [0.05, 0.1) is 12.2 Å². The lowest BCUT2D eigenvalue weighted by atomic mass is 9.97. The molecule has 3 unspecified atom stereocenters. The second-order valence-corrected chi connectivity index (χ2v) is 5.16. The molecule has 0 radical (unpaired) electrons. The van der Waals surface area contributed by atoms with E-state index in [0.29, 0.717) is 11.3 Å². The van der Waals surface area contributed by atoms with Gasteiger partial charge in [-0.05, 0) is 13.0 Å². The summed E-state index contributed by atoms with van der Waals surface area (Å²) in [5.41, 5.74) is 1.32. The predicted molar refractivity (Wildman–Crippen MR) is 75.7 cm³/mol. The number of benzene rings is 1. The van der Waals surface area contributed by atoms with Crippen molar-refractivity contribution in [3.05, 3.63) is 29.3 Å². The van der Waals surface area contributed by atoms with E-state index >= 15 is 0 Å². The van der Waals surface area contributed by atoms with Gasteiger partial charge in [0.2, 0.25) is 0 Å². The van der Waals surface area contributed by atoms with Crippen LogP contribution in [0.4, 0.5) is 0 Å². The predicted octanol–water partition coefficient (Wildman–Crippen LogP) is 1.40. The molecule has 0 aliphatic carbocycles. The van der Waals surface area contributed by atoms with Crippen molar-refractivity contribution in [2.75, 3.05) is 13.7 Å². The number of aliphatic carboxylic acids is 1. The zero-order valence-corrected chi connectivity index (χ0v) is 12.3. The van der Waals surface area contributed by atoms with Crippen molar-refractivity contribution < 1.29 is 24.2 Å². The SMILES string of the molecule is COCC(NC(=O)c1cccc2c1OC(C)C2C)C(=O)O. The van der Waals surface area contributed by atoms with Crippen LogP contribution in [0, 0.1) is 0 Å². The van der Waals surface area contributed by atoms with Crippen molar-refractivity contribution in [3.63, 3.8) is 0 Å². The third-order valence-corrected chi connectivity index (χ3v) is 3.73. The number of para-hydroxylation sites is 1. The molecular formula is C15H19NO5. The lowest BCUT2D eigenvalue weighted by molar-refractivity contribution is -0.140. The number of fused-ring (bicyclic) bond motifs is 1. The maximum Gasteiger partial charge on any atom is 0.328 e. The number of amides is 1. The molecule has 1 aromatic carbocycles. The van der Waals surface area contributed by atoms with E-state index in [1.165, 1.54) is 7.11 Å². The van der Waals surface area contributed by atoms with E-state index < -0.39 is 17.9 Å². The van der Waals surface area contributed by atoms with Crippen LogP contribution >= 0.6 is 0 Å². The Morgan fingerprint density at radius 1 is 1.43 bits per heavy atom. The number of ether oxygens (including phenoxy) is 2. The Hall–Kier alpha value is -2.08. The minimum Gasteiger partial charge on any atom is -0.489 e. The van der Waals surface area contributed by atoms with E-state index in [2.05, 4.69) is 5.32 Å². The van der Waals surface area contributed by atoms with E-state index in [1.807, 2.05) is 19.9 Å². The summed E-state index contributed by atoms with van der Waals surface area (Å²) in [7, 11) is 1.38. The Balaban J connectivity index is 2.23. The highest BCUT2D eigenvalue weighted by Crippen LogP contribution is 2.40. The number of carboxylic acid groups (broad SMARTS) is 1. The van der Waals surface area contributed by atoms with Gasteiger partial charge < -0.3 is 19.9 Å². The first-order valence-electron chi connectivity index (χ1n) is 6.77. The second-order valence-electron chi connectivity index (χ2n) is 5.16. The quantitative estimate of drug-likeness (QED) is 0.857. The molecular weight excluding hydrogens is 274 g/mol. The average molecular weight is 293 g/mol. The molecule has 6 nitrogen and oxygen atoms in total. The number of methoxy groups -OCH3 is 1. The van der Waals surface area contributed by atoms with Crippen LogP contribution in [0.2, 0.25) is 0 Å². The van der Waals surface area contributed by atoms with Crippen LogP contribution in [0.1, 0.15) is 35.7 Å². The lowest BCUT2D eigenvalue weighted by Gasteiger charge is -2.15. The van der Waals surface area contributed by atoms with Gasteiger partial charge in [0.25, 0.3) is 5.91 Å². The molecule has 0 aromatic heterocycles. The Morgan fingerprint density at radius 2 is 2.14 bits per heavy atom. The van der Waals surface area contributed by atoms with Crippen molar-refractivity contribution in [2.24, 2.45) is 0 Å². The van der Waals surface area contributed by atoms with Crippen LogP contribution in [0.3, 0.4) is 0 Å². The minimum absolute atomic E-state index is 0.0109. The smallest absolute Gasteiger partial charge is 0.328 e. The van der Waals surface area contributed by atoms with Crippen molar-refractivity contribution >= 4 is 11.9 Å².